The fourth-order valence-corrected chi connectivity index (χ4v) is 1.06. The number of fused-ring (bicyclic) bond motifs is 1. The van der Waals surface area contributed by atoms with Crippen molar-refractivity contribution in [2.45, 2.75) is 6.54 Å². The monoisotopic (exact) mass is 123 g/mol. The van der Waals surface area contributed by atoms with Gasteiger partial charge in [-0.3, -0.25) is 5.32 Å². The number of hydrogen-bond donors (Lipinski definition) is 3. The lowest BCUT2D eigenvalue weighted by molar-refractivity contribution is 0.708. The molecule has 3 heteroatoms. The van der Waals surface area contributed by atoms with E-state index >= 15 is 0 Å². The second-order valence-electron chi connectivity index (χ2n) is 2.16. The molecule has 0 fully saturated rings. The molecule has 0 saturated heterocycles. The van der Waals surface area contributed by atoms with Gasteiger partial charge in [-0.2, -0.15) is 0 Å². The van der Waals surface area contributed by atoms with Crippen molar-refractivity contribution in [2.75, 3.05) is 12.0 Å². The number of hydrogen-bond acceptors (Lipinski definition) is 2. The molecule has 3 nitrogen and oxygen atoms in total. The Bertz CT molecular complexity index is 183. The number of rotatable bonds is 0. The van der Waals surface area contributed by atoms with Crippen LogP contribution in [0.2, 0.25) is 0 Å². The van der Waals surface area contributed by atoms with E-state index in [1.54, 1.807) is 0 Å². The van der Waals surface area contributed by atoms with E-state index in [0.29, 0.717) is 0 Å². The molecular formula is C6H9N3. The second kappa shape index (κ2) is 1.77. The van der Waals surface area contributed by atoms with E-state index in [4.69, 9.17) is 0 Å². The minimum absolute atomic E-state index is 0.869. The molecule has 0 atom stereocenters. The lowest BCUT2D eigenvalue weighted by Gasteiger charge is -2.14. The van der Waals surface area contributed by atoms with Crippen LogP contribution in [0.4, 0.5) is 5.82 Å². The molecule has 1 aliphatic heterocycles. The highest BCUT2D eigenvalue weighted by atomic mass is 15.1. The highest BCUT2D eigenvalue weighted by molar-refractivity contribution is 5.46. The van der Waals surface area contributed by atoms with Crippen LogP contribution in [0.25, 0.3) is 0 Å². The Kier molecular flexibility index (Phi) is 0.960. The zero-order valence-corrected chi connectivity index (χ0v) is 5.07. The van der Waals surface area contributed by atoms with Gasteiger partial charge in [0.25, 0.3) is 0 Å². The molecular weight excluding hydrogens is 114 g/mol. The number of anilines is 1. The Morgan fingerprint density at radius 1 is 1.44 bits per heavy atom. The minimum atomic E-state index is 0.869. The van der Waals surface area contributed by atoms with Gasteiger partial charge in [0.05, 0.1) is 6.67 Å². The summed E-state index contributed by atoms with van der Waals surface area (Å²) >= 11 is 0. The van der Waals surface area contributed by atoms with Gasteiger partial charge in [0.15, 0.2) is 0 Å². The Morgan fingerprint density at radius 3 is 3.33 bits per heavy atom. The molecule has 1 aromatic heterocycles. The van der Waals surface area contributed by atoms with Crippen molar-refractivity contribution in [3.05, 3.63) is 17.8 Å². The standard InChI is InChI=1S/C6H9N3/c1-2-8-6-5(1)3-7-4-9-6/h1-2,7-9H,3-4H2. The van der Waals surface area contributed by atoms with Crippen molar-refractivity contribution in [1.82, 2.24) is 10.3 Å². The van der Waals surface area contributed by atoms with Gasteiger partial charge in [-0.1, -0.05) is 0 Å². The van der Waals surface area contributed by atoms with Gasteiger partial charge in [0.1, 0.15) is 5.82 Å². The van der Waals surface area contributed by atoms with E-state index in [1.165, 1.54) is 5.56 Å². The second-order valence-corrected chi connectivity index (χ2v) is 2.16. The summed E-state index contributed by atoms with van der Waals surface area (Å²) < 4.78 is 0. The summed E-state index contributed by atoms with van der Waals surface area (Å²) in [4.78, 5) is 3.11. The number of aromatic nitrogens is 1. The molecule has 0 radical (unpaired) electrons. The van der Waals surface area contributed by atoms with Crippen LogP contribution in [0.3, 0.4) is 0 Å². The van der Waals surface area contributed by atoms with Gasteiger partial charge in [-0.05, 0) is 6.07 Å². The largest absolute Gasteiger partial charge is 0.359 e. The van der Waals surface area contributed by atoms with Crippen LogP contribution < -0.4 is 10.6 Å². The first-order valence-corrected chi connectivity index (χ1v) is 3.07. The van der Waals surface area contributed by atoms with E-state index in [-0.39, 0.29) is 0 Å². The van der Waals surface area contributed by atoms with Crippen LogP contribution in [0.1, 0.15) is 5.56 Å². The summed E-state index contributed by atoms with van der Waals surface area (Å²) in [6, 6.07) is 2.08. The summed E-state index contributed by atoms with van der Waals surface area (Å²) in [5.41, 5.74) is 1.32. The summed E-state index contributed by atoms with van der Waals surface area (Å²) in [5, 5.41) is 6.37. The fraction of sp³-hybridized carbons (Fsp3) is 0.333. The maximum Gasteiger partial charge on any atom is 0.108 e. The number of nitrogens with one attached hydrogen (secondary N) is 3. The number of aromatic amines is 1. The third-order valence-corrected chi connectivity index (χ3v) is 1.54. The van der Waals surface area contributed by atoms with Crippen molar-refractivity contribution in [3.8, 4) is 0 Å². The van der Waals surface area contributed by atoms with Crippen LogP contribution in [0.5, 0.6) is 0 Å². The van der Waals surface area contributed by atoms with Crippen molar-refractivity contribution < 1.29 is 0 Å². The molecule has 0 aromatic carbocycles. The average Bonchev–Trinajstić information content (AvgIpc) is 2.33. The molecule has 1 aliphatic rings. The van der Waals surface area contributed by atoms with E-state index in [0.717, 1.165) is 19.0 Å². The van der Waals surface area contributed by atoms with E-state index in [9.17, 15) is 0 Å². The summed E-state index contributed by atoms with van der Waals surface area (Å²) in [6.07, 6.45) is 1.95. The molecule has 2 heterocycles. The quantitative estimate of drug-likeness (QED) is 0.469. The predicted molar refractivity (Wildman–Crippen MR) is 36.1 cm³/mol. The van der Waals surface area contributed by atoms with E-state index in [1.807, 2.05) is 6.20 Å². The maximum absolute atomic E-state index is 3.20. The first kappa shape index (κ1) is 4.88. The SMILES string of the molecule is c1cc2c([nH]1)NCNC2. The Morgan fingerprint density at radius 2 is 2.44 bits per heavy atom. The molecule has 0 unspecified atom stereocenters. The topological polar surface area (TPSA) is 39.9 Å². The normalized spacial score (nSPS) is 16.4. The third kappa shape index (κ3) is 0.695. The Labute approximate surface area is 53.5 Å². The third-order valence-electron chi connectivity index (χ3n) is 1.54. The Hall–Kier alpha value is -0.960. The smallest absolute Gasteiger partial charge is 0.108 e. The van der Waals surface area contributed by atoms with Gasteiger partial charge in [0.2, 0.25) is 0 Å². The van der Waals surface area contributed by atoms with E-state index < -0.39 is 0 Å². The van der Waals surface area contributed by atoms with Gasteiger partial charge < -0.3 is 10.3 Å². The molecule has 0 amide bonds. The van der Waals surface area contributed by atoms with Crippen molar-refractivity contribution in [1.29, 1.82) is 0 Å². The first-order valence-electron chi connectivity index (χ1n) is 3.07. The molecule has 3 N–H and O–H groups in total. The molecule has 0 spiro atoms. The van der Waals surface area contributed by atoms with Gasteiger partial charge in [0, 0.05) is 18.3 Å². The van der Waals surface area contributed by atoms with Crippen molar-refractivity contribution in [3.63, 3.8) is 0 Å². The summed E-state index contributed by atoms with van der Waals surface area (Å²) in [6.45, 7) is 1.85. The van der Waals surface area contributed by atoms with Crippen molar-refractivity contribution >= 4 is 5.82 Å². The lowest BCUT2D eigenvalue weighted by atomic mass is 10.3. The summed E-state index contributed by atoms with van der Waals surface area (Å²) in [7, 11) is 0. The van der Waals surface area contributed by atoms with Crippen molar-refractivity contribution in [2.24, 2.45) is 0 Å². The van der Waals surface area contributed by atoms with Gasteiger partial charge in [-0.25, -0.2) is 0 Å². The predicted octanol–water partition coefficient (Wildman–Crippen LogP) is 0.487. The van der Waals surface area contributed by atoms with Gasteiger partial charge in [-0.15, -0.1) is 0 Å². The molecule has 0 saturated carbocycles. The molecule has 2 rings (SSSR count). The van der Waals surface area contributed by atoms with Crippen LogP contribution >= 0.6 is 0 Å². The zero-order chi connectivity index (χ0) is 6.10. The fourth-order valence-electron chi connectivity index (χ4n) is 1.06. The molecule has 9 heavy (non-hydrogen) atoms. The number of H-pyrrole nitrogens is 1. The van der Waals surface area contributed by atoms with Crippen LogP contribution in [-0.4, -0.2) is 11.7 Å². The maximum atomic E-state index is 3.20. The van der Waals surface area contributed by atoms with Crippen LogP contribution in [0.15, 0.2) is 12.3 Å². The van der Waals surface area contributed by atoms with Crippen LogP contribution in [-0.2, 0) is 6.54 Å². The zero-order valence-electron chi connectivity index (χ0n) is 5.07. The first-order chi connectivity index (χ1) is 4.47. The van der Waals surface area contributed by atoms with Gasteiger partial charge >= 0.3 is 0 Å². The lowest BCUT2D eigenvalue weighted by Crippen LogP contribution is -2.26. The molecule has 0 aliphatic carbocycles. The highest BCUT2D eigenvalue weighted by Crippen LogP contribution is 2.13. The molecule has 1 aromatic rings. The average molecular weight is 123 g/mol. The minimum Gasteiger partial charge on any atom is -0.359 e. The molecule has 48 valence electrons. The van der Waals surface area contributed by atoms with Crippen LogP contribution in [0, 0.1) is 0 Å². The summed E-state index contributed by atoms with van der Waals surface area (Å²) in [5.74, 6) is 1.16. The molecule has 0 bridgehead atoms. The van der Waals surface area contributed by atoms with E-state index in [2.05, 4.69) is 21.7 Å². The Balaban J connectivity index is 2.39. The highest BCUT2D eigenvalue weighted by Gasteiger charge is 2.05.